The molecule has 2 aliphatic heterocycles. The lowest BCUT2D eigenvalue weighted by Crippen LogP contribution is -2.34. The minimum Gasteiger partial charge on any atom is -0.504 e. The fourth-order valence-corrected chi connectivity index (χ4v) is 4.33. The van der Waals surface area contributed by atoms with Crippen LogP contribution in [0.1, 0.15) is 22.7 Å². The number of nitrogens with one attached hydrogen (secondary N) is 1. The third kappa shape index (κ3) is 1.88. The first-order valence-corrected chi connectivity index (χ1v) is 8.38. The first-order chi connectivity index (χ1) is 12.2. The highest BCUT2D eigenvalue weighted by Gasteiger charge is 2.39. The molecule has 0 fully saturated rings. The molecule has 0 spiro atoms. The van der Waals surface area contributed by atoms with Gasteiger partial charge in [-0.05, 0) is 48.2 Å². The summed E-state index contributed by atoms with van der Waals surface area (Å²) in [5.74, 6) is 2.79. The molecule has 1 atom stereocenters. The lowest BCUT2D eigenvalue weighted by molar-refractivity contribution is 0.171. The molecule has 0 amide bonds. The van der Waals surface area contributed by atoms with Gasteiger partial charge in [0.25, 0.3) is 0 Å². The van der Waals surface area contributed by atoms with Crippen LogP contribution in [0.15, 0.2) is 12.1 Å². The summed E-state index contributed by atoms with van der Waals surface area (Å²) in [5, 5.41) is 13.8. The molecule has 2 aromatic carbocycles. The third-order valence-electron chi connectivity index (χ3n) is 5.33. The summed E-state index contributed by atoms with van der Waals surface area (Å²) in [6.07, 6.45) is 1.68. The van der Waals surface area contributed by atoms with Crippen LogP contribution >= 0.6 is 0 Å². The number of fused-ring (bicyclic) bond motifs is 4. The van der Waals surface area contributed by atoms with E-state index in [1.54, 1.807) is 20.3 Å². The second-order valence-electron chi connectivity index (χ2n) is 6.51. The highest BCUT2D eigenvalue weighted by molar-refractivity contribution is 5.87. The Balaban J connectivity index is 1.88. The van der Waals surface area contributed by atoms with Crippen LogP contribution in [-0.4, -0.2) is 32.7 Å². The van der Waals surface area contributed by atoms with Gasteiger partial charge in [0.05, 0.1) is 14.2 Å². The third-order valence-corrected chi connectivity index (χ3v) is 5.33. The summed E-state index contributed by atoms with van der Waals surface area (Å²) in [5.41, 5.74) is 5.52. The maximum atomic E-state index is 10.2. The van der Waals surface area contributed by atoms with E-state index >= 15 is 0 Å². The van der Waals surface area contributed by atoms with E-state index in [0.717, 1.165) is 47.6 Å². The van der Waals surface area contributed by atoms with E-state index < -0.39 is 0 Å². The molecule has 2 aromatic rings. The largest absolute Gasteiger partial charge is 0.504 e. The van der Waals surface area contributed by atoms with E-state index in [4.69, 9.17) is 18.9 Å². The van der Waals surface area contributed by atoms with Crippen molar-refractivity contribution in [1.82, 2.24) is 5.32 Å². The van der Waals surface area contributed by atoms with Crippen molar-refractivity contribution in [1.29, 1.82) is 0 Å². The van der Waals surface area contributed by atoms with Crippen LogP contribution < -0.4 is 24.3 Å². The van der Waals surface area contributed by atoms with E-state index in [2.05, 4.69) is 5.32 Å². The minimum atomic E-state index is 0.156. The van der Waals surface area contributed by atoms with Gasteiger partial charge in [-0.1, -0.05) is 0 Å². The Morgan fingerprint density at radius 3 is 2.80 bits per heavy atom. The summed E-state index contributed by atoms with van der Waals surface area (Å²) >= 11 is 0. The van der Waals surface area contributed by atoms with Crippen molar-refractivity contribution in [3.8, 4) is 39.9 Å². The Labute approximate surface area is 145 Å². The van der Waals surface area contributed by atoms with Crippen molar-refractivity contribution in [2.45, 2.75) is 18.9 Å². The molecule has 6 heteroatoms. The number of phenols is 1. The van der Waals surface area contributed by atoms with E-state index in [1.165, 1.54) is 11.1 Å². The quantitative estimate of drug-likeness (QED) is 0.875. The molecule has 2 heterocycles. The first-order valence-electron chi connectivity index (χ1n) is 8.38. The molecule has 0 saturated carbocycles. The Kier molecular flexibility index (Phi) is 3.06. The molecule has 0 aromatic heterocycles. The van der Waals surface area contributed by atoms with Crippen LogP contribution in [-0.2, 0) is 12.8 Å². The smallest absolute Gasteiger partial charge is 0.231 e. The molecule has 1 aliphatic carbocycles. The van der Waals surface area contributed by atoms with Gasteiger partial charge in [0.15, 0.2) is 23.0 Å². The normalized spacial score (nSPS) is 19.2. The van der Waals surface area contributed by atoms with Gasteiger partial charge in [-0.25, -0.2) is 0 Å². The molecule has 0 radical (unpaired) electrons. The van der Waals surface area contributed by atoms with Crippen LogP contribution in [0.2, 0.25) is 0 Å². The van der Waals surface area contributed by atoms with Gasteiger partial charge in [0.1, 0.15) is 0 Å². The predicted molar refractivity (Wildman–Crippen MR) is 90.9 cm³/mol. The maximum absolute atomic E-state index is 10.2. The monoisotopic (exact) mass is 341 g/mol. The van der Waals surface area contributed by atoms with Crippen molar-refractivity contribution >= 4 is 0 Å². The highest BCUT2D eigenvalue weighted by atomic mass is 16.7. The number of ether oxygens (including phenoxy) is 4. The van der Waals surface area contributed by atoms with Crippen LogP contribution in [0.4, 0.5) is 0 Å². The Morgan fingerprint density at radius 1 is 1.16 bits per heavy atom. The molecule has 25 heavy (non-hydrogen) atoms. The summed E-state index contributed by atoms with van der Waals surface area (Å²) in [6.45, 7) is 1.06. The van der Waals surface area contributed by atoms with Crippen LogP contribution in [0.5, 0.6) is 28.7 Å². The van der Waals surface area contributed by atoms with Gasteiger partial charge in [-0.2, -0.15) is 0 Å². The van der Waals surface area contributed by atoms with Crippen molar-refractivity contribution in [2.24, 2.45) is 0 Å². The average molecular weight is 341 g/mol. The molecule has 5 rings (SSSR count). The summed E-state index contributed by atoms with van der Waals surface area (Å²) in [7, 11) is 3.23. The second-order valence-corrected chi connectivity index (χ2v) is 6.51. The standard InChI is InChI=1S/C19H19NO5/c1-22-14-7-11-9(6-13(14)21)5-12-15-10(3-4-20-12)17(23-2)19-18(16(11)15)24-8-25-19/h6-7,12,20-21H,3-5,8H2,1-2H3/t12-/m0/s1. The molecular formula is C19H19NO5. The van der Waals surface area contributed by atoms with E-state index in [-0.39, 0.29) is 18.6 Å². The number of hydrogen-bond donors (Lipinski definition) is 2. The van der Waals surface area contributed by atoms with E-state index in [0.29, 0.717) is 11.5 Å². The van der Waals surface area contributed by atoms with E-state index in [1.807, 2.05) is 6.07 Å². The molecular weight excluding hydrogens is 322 g/mol. The van der Waals surface area contributed by atoms with Gasteiger partial charge in [-0.3, -0.25) is 0 Å². The van der Waals surface area contributed by atoms with Crippen molar-refractivity contribution in [3.63, 3.8) is 0 Å². The number of phenolic OH excluding ortho intramolecular Hbond substituents is 1. The lowest BCUT2D eigenvalue weighted by Gasteiger charge is -2.35. The molecule has 2 N–H and O–H groups in total. The van der Waals surface area contributed by atoms with Crippen molar-refractivity contribution < 1.29 is 24.1 Å². The van der Waals surface area contributed by atoms with Crippen LogP contribution in [0.3, 0.4) is 0 Å². The zero-order valence-corrected chi connectivity index (χ0v) is 14.1. The number of benzene rings is 2. The molecule has 3 aliphatic rings. The average Bonchev–Trinajstić information content (AvgIpc) is 3.10. The van der Waals surface area contributed by atoms with Crippen molar-refractivity contribution in [2.75, 3.05) is 27.6 Å². The summed E-state index contributed by atoms with van der Waals surface area (Å²) in [6, 6.07) is 3.85. The summed E-state index contributed by atoms with van der Waals surface area (Å²) in [4.78, 5) is 0. The molecule has 0 saturated heterocycles. The van der Waals surface area contributed by atoms with Crippen LogP contribution in [0.25, 0.3) is 11.1 Å². The lowest BCUT2D eigenvalue weighted by atomic mass is 9.76. The molecule has 0 unspecified atom stereocenters. The van der Waals surface area contributed by atoms with E-state index in [9.17, 15) is 5.11 Å². The minimum absolute atomic E-state index is 0.156. The number of rotatable bonds is 2. The Morgan fingerprint density at radius 2 is 2.00 bits per heavy atom. The zero-order valence-electron chi connectivity index (χ0n) is 14.1. The molecule has 130 valence electrons. The predicted octanol–water partition coefficient (Wildman–Crippen LogP) is 2.55. The van der Waals surface area contributed by atoms with Gasteiger partial charge < -0.3 is 29.4 Å². The number of methoxy groups -OCH3 is 2. The number of aromatic hydroxyl groups is 1. The summed E-state index contributed by atoms with van der Waals surface area (Å²) < 4.78 is 22.6. The zero-order chi connectivity index (χ0) is 17.1. The van der Waals surface area contributed by atoms with Crippen LogP contribution in [0, 0.1) is 0 Å². The maximum Gasteiger partial charge on any atom is 0.231 e. The van der Waals surface area contributed by atoms with Gasteiger partial charge >= 0.3 is 0 Å². The second kappa shape index (κ2) is 5.20. The molecule has 0 bridgehead atoms. The fourth-order valence-electron chi connectivity index (χ4n) is 4.33. The topological polar surface area (TPSA) is 69.2 Å². The van der Waals surface area contributed by atoms with Gasteiger partial charge in [-0.15, -0.1) is 0 Å². The SMILES string of the molecule is COc1cc2c(cc1O)C[C@@H]1NCCc3c(OC)c4c(c-2c31)OCO4. The first kappa shape index (κ1) is 14.7. The van der Waals surface area contributed by atoms with Gasteiger partial charge in [0, 0.05) is 17.2 Å². The Bertz CT molecular complexity index is 892. The number of hydrogen-bond acceptors (Lipinski definition) is 6. The van der Waals surface area contributed by atoms with Gasteiger partial charge in [0.2, 0.25) is 12.5 Å². The van der Waals surface area contributed by atoms with Crippen molar-refractivity contribution in [3.05, 3.63) is 28.8 Å². The Hall–Kier alpha value is -2.60. The highest BCUT2D eigenvalue weighted by Crippen LogP contribution is 2.57. The molecule has 6 nitrogen and oxygen atoms in total. The fraction of sp³-hybridized carbons (Fsp3) is 0.368.